The number of anilines is 1. The van der Waals surface area contributed by atoms with Gasteiger partial charge in [0, 0.05) is 36.7 Å². The molecule has 1 aliphatic rings. The summed E-state index contributed by atoms with van der Waals surface area (Å²) >= 11 is 0. The summed E-state index contributed by atoms with van der Waals surface area (Å²) in [5.74, 6) is 0.214. The Morgan fingerprint density at radius 2 is 1.64 bits per heavy atom. The number of hydrogen-bond acceptors (Lipinski definition) is 4. The molecule has 2 heterocycles. The van der Waals surface area contributed by atoms with E-state index in [0.29, 0.717) is 30.3 Å². The molecule has 0 spiro atoms. The minimum Gasteiger partial charge on any atom is -0.322 e. The first-order chi connectivity index (χ1) is 15.8. The second kappa shape index (κ2) is 9.85. The molecule has 1 aliphatic heterocycles. The van der Waals surface area contributed by atoms with Crippen LogP contribution in [0.4, 0.5) is 5.69 Å². The molecule has 3 aromatic rings. The summed E-state index contributed by atoms with van der Waals surface area (Å²) in [5.41, 5.74) is 4.05. The van der Waals surface area contributed by atoms with Crippen LogP contribution in [-0.4, -0.2) is 36.7 Å². The smallest absolute Gasteiger partial charge is 0.255 e. The van der Waals surface area contributed by atoms with Crippen LogP contribution >= 0.6 is 0 Å². The maximum Gasteiger partial charge on any atom is 0.255 e. The van der Waals surface area contributed by atoms with Gasteiger partial charge in [0.05, 0.1) is 4.90 Å². The number of amides is 1. The average Bonchev–Trinajstić information content (AvgIpc) is 2.81. The van der Waals surface area contributed by atoms with Crippen molar-refractivity contribution in [2.24, 2.45) is 5.92 Å². The fourth-order valence-corrected chi connectivity index (χ4v) is 5.52. The van der Waals surface area contributed by atoms with Crippen LogP contribution in [0.5, 0.6) is 0 Å². The molecular weight excluding hydrogens is 434 g/mol. The number of carbonyl (C=O) groups is 1. The molecule has 7 heteroatoms. The van der Waals surface area contributed by atoms with E-state index in [1.807, 2.05) is 43.3 Å². The van der Waals surface area contributed by atoms with Crippen molar-refractivity contribution in [3.63, 3.8) is 0 Å². The summed E-state index contributed by atoms with van der Waals surface area (Å²) in [6.07, 6.45) is 6.04. The Morgan fingerprint density at radius 3 is 2.30 bits per heavy atom. The summed E-state index contributed by atoms with van der Waals surface area (Å²) in [5, 5.41) is 2.90. The third-order valence-corrected chi connectivity index (χ3v) is 8.10. The molecule has 1 amide bonds. The normalized spacial score (nSPS) is 15.3. The molecule has 1 saturated heterocycles. The molecule has 0 atom stereocenters. The van der Waals surface area contributed by atoms with Crippen LogP contribution in [0.3, 0.4) is 0 Å². The van der Waals surface area contributed by atoms with Crippen molar-refractivity contribution in [2.45, 2.75) is 38.0 Å². The fraction of sp³-hybridized carbons (Fsp3) is 0.308. The lowest BCUT2D eigenvalue weighted by Gasteiger charge is -2.29. The molecule has 4 rings (SSSR count). The number of carbonyl (C=O) groups excluding carboxylic acids is 1. The number of aromatic nitrogens is 1. The Morgan fingerprint density at radius 1 is 1.00 bits per heavy atom. The first-order valence-corrected chi connectivity index (χ1v) is 12.7. The van der Waals surface area contributed by atoms with E-state index >= 15 is 0 Å². The van der Waals surface area contributed by atoms with Gasteiger partial charge in [-0.2, -0.15) is 4.31 Å². The Balaban J connectivity index is 1.48. The molecule has 1 N–H and O–H groups in total. The third kappa shape index (κ3) is 5.49. The van der Waals surface area contributed by atoms with Gasteiger partial charge in [-0.25, -0.2) is 8.42 Å². The molecule has 172 valence electrons. The molecule has 2 aromatic carbocycles. The number of hydrogen-bond donors (Lipinski definition) is 1. The van der Waals surface area contributed by atoms with Crippen LogP contribution in [0.15, 0.2) is 71.9 Å². The number of pyridine rings is 1. The van der Waals surface area contributed by atoms with Crippen molar-refractivity contribution in [1.29, 1.82) is 0 Å². The van der Waals surface area contributed by atoms with Crippen LogP contribution < -0.4 is 5.32 Å². The van der Waals surface area contributed by atoms with Crippen molar-refractivity contribution in [3.8, 4) is 0 Å². The number of aryl methyl sites for hydroxylation is 1. The number of benzene rings is 2. The van der Waals surface area contributed by atoms with E-state index in [1.165, 1.54) is 15.9 Å². The lowest BCUT2D eigenvalue weighted by molar-refractivity contribution is 0.102. The Kier molecular flexibility index (Phi) is 6.91. The first-order valence-electron chi connectivity index (χ1n) is 11.2. The predicted molar refractivity (Wildman–Crippen MR) is 130 cm³/mol. The minimum absolute atomic E-state index is 0.167. The van der Waals surface area contributed by atoms with Gasteiger partial charge in [0.15, 0.2) is 0 Å². The lowest BCUT2D eigenvalue weighted by atomic mass is 10.0. The number of sulfonamides is 1. The zero-order valence-corrected chi connectivity index (χ0v) is 19.8. The number of rotatable bonds is 6. The van der Waals surface area contributed by atoms with E-state index in [-0.39, 0.29) is 10.8 Å². The fourth-order valence-electron chi connectivity index (χ4n) is 4.02. The van der Waals surface area contributed by atoms with Crippen LogP contribution in [0.2, 0.25) is 0 Å². The second-order valence-corrected chi connectivity index (χ2v) is 10.7. The maximum atomic E-state index is 13.1. The van der Waals surface area contributed by atoms with Crippen molar-refractivity contribution < 1.29 is 13.2 Å². The van der Waals surface area contributed by atoms with E-state index in [0.717, 1.165) is 30.4 Å². The van der Waals surface area contributed by atoms with E-state index in [1.54, 1.807) is 24.5 Å². The van der Waals surface area contributed by atoms with Crippen molar-refractivity contribution >= 4 is 21.6 Å². The summed E-state index contributed by atoms with van der Waals surface area (Å²) in [4.78, 5) is 17.2. The molecule has 0 radical (unpaired) electrons. The van der Waals surface area contributed by atoms with Crippen LogP contribution in [0.25, 0.3) is 0 Å². The standard InChI is InChI=1S/C26H29N3O3S/c1-19-11-15-29(16-12-19)33(31,32)24-8-3-20(2)25(18-24)26(30)28-23-6-4-21(5-7-23)17-22-9-13-27-14-10-22/h3-10,13-14,18-19H,11-12,15-17H2,1-2H3,(H,28,30). The average molecular weight is 464 g/mol. The van der Waals surface area contributed by atoms with Gasteiger partial charge in [-0.3, -0.25) is 9.78 Å². The molecule has 1 fully saturated rings. The quantitative estimate of drug-likeness (QED) is 0.577. The van der Waals surface area contributed by atoms with Crippen LogP contribution in [-0.2, 0) is 16.4 Å². The number of piperidine rings is 1. The molecule has 0 aliphatic carbocycles. The van der Waals surface area contributed by atoms with Gasteiger partial charge in [0.1, 0.15) is 0 Å². The van der Waals surface area contributed by atoms with E-state index in [9.17, 15) is 13.2 Å². The van der Waals surface area contributed by atoms with Gasteiger partial charge < -0.3 is 5.32 Å². The highest BCUT2D eigenvalue weighted by atomic mass is 32.2. The van der Waals surface area contributed by atoms with Gasteiger partial charge >= 0.3 is 0 Å². The van der Waals surface area contributed by atoms with Crippen molar-refractivity contribution in [2.75, 3.05) is 18.4 Å². The van der Waals surface area contributed by atoms with Crippen molar-refractivity contribution in [1.82, 2.24) is 9.29 Å². The molecule has 33 heavy (non-hydrogen) atoms. The Hall–Kier alpha value is -3.03. The summed E-state index contributed by atoms with van der Waals surface area (Å²) in [7, 11) is -3.62. The number of nitrogens with one attached hydrogen (secondary N) is 1. The van der Waals surface area contributed by atoms with E-state index in [2.05, 4.69) is 17.2 Å². The van der Waals surface area contributed by atoms with Crippen molar-refractivity contribution in [3.05, 3.63) is 89.2 Å². The van der Waals surface area contributed by atoms with Gasteiger partial charge in [0.25, 0.3) is 5.91 Å². The highest BCUT2D eigenvalue weighted by molar-refractivity contribution is 7.89. The van der Waals surface area contributed by atoms with Gasteiger partial charge in [-0.15, -0.1) is 0 Å². The lowest BCUT2D eigenvalue weighted by Crippen LogP contribution is -2.38. The first kappa shape index (κ1) is 23.1. The van der Waals surface area contributed by atoms with Crippen LogP contribution in [0.1, 0.15) is 46.8 Å². The van der Waals surface area contributed by atoms with Gasteiger partial charge in [-0.05, 0) is 85.2 Å². The number of nitrogens with zero attached hydrogens (tertiary/aromatic N) is 2. The zero-order valence-electron chi connectivity index (χ0n) is 19.0. The van der Waals surface area contributed by atoms with Gasteiger partial charge in [0.2, 0.25) is 10.0 Å². The summed E-state index contributed by atoms with van der Waals surface area (Å²) in [6.45, 7) is 4.99. The topological polar surface area (TPSA) is 79.4 Å². The Labute approximate surface area is 195 Å². The maximum absolute atomic E-state index is 13.1. The SMILES string of the molecule is Cc1ccc(S(=O)(=O)N2CCC(C)CC2)cc1C(=O)Nc1ccc(Cc2ccncc2)cc1. The third-order valence-electron chi connectivity index (χ3n) is 6.20. The van der Waals surface area contributed by atoms with E-state index < -0.39 is 10.0 Å². The van der Waals surface area contributed by atoms with Gasteiger partial charge in [-0.1, -0.05) is 25.1 Å². The largest absolute Gasteiger partial charge is 0.322 e. The van der Waals surface area contributed by atoms with E-state index in [4.69, 9.17) is 0 Å². The summed E-state index contributed by atoms with van der Waals surface area (Å²) in [6, 6.07) is 16.4. The summed E-state index contributed by atoms with van der Waals surface area (Å²) < 4.78 is 27.8. The molecular formula is C26H29N3O3S. The highest BCUT2D eigenvalue weighted by Gasteiger charge is 2.29. The predicted octanol–water partition coefficient (Wildman–Crippen LogP) is 4.65. The molecule has 1 aromatic heterocycles. The molecule has 0 saturated carbocycles. The Bertz CT molecular complexity index is 1220. The highest BCUT2D eigenvalue weighted by Crippen LogP contribution is 2.25. The van der Waals surface area contributed by atoms with Crippen LogP contribution in [0, 0.1) is 12.8 Å². The minimum atomic E-state index is -3.62. The molecule has 0 unspecified atom stereocenters. The monoisotopic (exact) mass is 463 g/mol. The molecule has 0 bridgehead atoms. The zero-order chi connectivity index (χ0) is 23.4. The second-order valence-electron chi connectivity index (χ2n) is 8.75. The molecule has 6 nitrogen and oxygen atoms in total.